The molecule has 0 aliphatic carbocycles. The number of piperazine rings is 1. The summed E-state index contributed by atoms with van der Waals surface area (Å²) < 4.78 is 0. The van der Waals surface area contributed by atoms with Gasteiger partial charge in [-0.1, -0.05) is 6.92 Å². The standard InChI is InChI=1S/C15H33N5S/c1-4-19-10-12-20(13-11-19)9-6-5-7-17-15(16-2)18-8-14-21-3/h4-14H2,1-3H3,(H2,16,17,18). The van der Waals surface area contributed by atoms with Gasteiger partial charge in [-0.15, -0.1) is 0 Å². The number of nitrogens with one attached hydrogen (secondary N) is 2. The molecule has 0 atom stereocenters. The van der Waals surface area contributed by atoms with E-state index in [1.807, 2.05) is 18.8 Å². The van der Waals surface area contributed by atoms with Gasteiger partial charge in [0.15, 0.2) is 5.96 Å². The maximum absolute atomic E-state index is 4.23. The quantitative estimate of drug-likeness (QED) is 0.376. The maximum atomic E-state index is 4.23. The summed E-state index contributed by atoms with van der Waals surface area (Å²) in [4.78, 5) is 9.36. The van der Waals surface area contributed by atoms with E-state index < -0.39 is 0 Å². The van der Waals surface area contributed by atoms with Crippen LogP contribution in [0.1, 0.15) is 19.8 Å². The molecular formula is C15H33N5S. The van der Waals surface area contributed by atoms with Gasteiger partial charge in [0, 0.05) is 52.1 Å². The Kier molecular flexibility index (Phi) is 10.7. The first-order chi connectivity index (χ1) is 10.3. The van der Waals surface area contributed by atoms with E-state index in [9.17, 15) is 0 Å². The summed E-state index contributed by atoms with van der Waals surface area (Å²) in [6, 6.07) is 0. The third-order valence-corrected chi connectivity index (χ3v) is 4.54. The molecule has 2 N–H and O–H groups in total. The van der Waals surface area contributed by atoms with Gasteiger partial charge in [0.25, 0.3) is 0 Å². The van der Waals surface area contributed by atoms with E-state index in [1.54, 1.807) is 0 Å². The lowest BCUT2D eigenvalue weighted by Gasteiger charge is -2.34. The monoisotopic (exact) mass is 315 g/mol. The fourth-order valence-electron chi connectivity index (χ4n) is 2.49. The van der Waals surface area contributed by atoms with Gasteiger partial charge in [0.1, 0.15) is 0 Å². The van der Waals surface area contributed by atoms with E-state index in [2.05, 4.69) is 38.6 Å². The molecule has 0 amide bonds. The third kappa shape index (κ3) is 8.53. The van der Waals surface area contributed by atoms with Crippen LogP contribution in [0, 0.1) is 0 Å². The van der Waals surface area contributed by atoms with Gasteiger partial charge in [-0.2, -0.15) is 11.8 Å². The number of aliphatic imine (C=N–C) groups is 1. The van der Waals surface area contributed by atoms with Gasteiger partial charge in [0.2, 0.25) is 0 Å². The molecule has 0 spiro atoms. The van der Waals surface area contributed by atoms with Crippen LogP contribution in [-0.4, -0.2) is 87.2 Å². The zero-order valence-corrected chi connectivity index (χ0v) is 14.8. The van der Waals surface area contributed by atoms with Crippen molar-refractivity contribution < 1.29 is 0 Å². The minimum atomic E-state index is 0.931. The van der Waals surface area contributed by atoms with Crippen molar-refractivity contribution in [2.24, 2.45) is 4.99 Å². The van der Waals surface area contributed by atoms with Crippen LogP contribution in [0.25, 0.3) is 0 Å². The molecule has 0 saturated carbocycles. The van der Waals surface area contributed by atoms with Crippen molar-refractivity contribution in [1.29, 1.82) is 0 Å². The first kappa shape index (κ1) is 18.6. The fourth-order valence-corrected chi connectivity index (χ4v) is 2.79. The Bertz CT molecular complexity index is 277. The largest absolute Gasteiger partial charge is 0.356 e. The highest BCUT2D eigenvalue weighted by Gasteiger charge is 2.14. The first-order valence-electron chi connectivity index (χ1n) is 8.18. The number of guanidine groups is 1. The van der Waals surface area contributed by atoms with Crippen molar-refractivity contribution in [3.05, 3.63) is 0 Å². The van der Waals surface area contributed by atoms with E-state index in [0.29, 0.717) is 0 Å². The number of likely N-dealkylation sites (N-methyl/N-ethyl adjacent to an activating group) is 1. The van der Waals surface area contributed by atoms with Crippen molar-refractivity contribution >= 4 is 17.7 Å². The Morgan fingerprint density at radius 1 is 1.05 bits per heavy atom. The van der Waals surface area contributed by atoms with Crippen LogP contribution >= 0.6 is 11.8 Å². The maximum Gasteiger partial charge on any atom is 0.191 e. The summed E-state index contributed by atoms with van der Waals surface area (Å²) in [6.07, 6.45) is 4.59. The molecule has 1 aliphatic rings. The summed E-state index contributed by atoms with van der Waals surface area (Å²) in [5, 5.41) is 6.71. The van der Waals surface area contributed by atoms with Crippen molar-refractivity contribution in [1.82, 2.24) is 20.4 Å². The van der Waals surface area contributed by atoms with E-state index in [0.717, 1.165) is 24.8 Å². The van der Waals surface area contributed by atoms with Gasteiger partial charge in [-0.3, -0.25) is 4.99 Å². The van der Waals surface area contributed by atoms with Crippen molar-refractivity contribution in [3.63, 3.8) is 0 Å². The lowest BCUT2D eigenvalue weighted by Crippen LogP contribution is -2.46. The van der Waals surface area contributed by atoms with Crippen LogP contribution in [0.2, 0.25) is 0 Å². The minimum Gasteiger partial charge on any atom is -0.356 e. The lowest BCUT2D eigenvalue weighted by atomic mass is 10.2. The van der Waals surface area contributed by atoms with Gasteiger partial charge >= 0.3 is 0 Å². The lowest BCUT2D eigenvalue weighted by molar-refractivity contribution is 0.136. The van der Waals surface area contributed by atoms with Crippen LogP contribution in [0.3, 0.4) is 0 Å². The molecule has 6 heteroatoms. The number of unbranched alkanes of at least 4 members (excludes halogenated alkanes) is 1. The molecule has 124 valence electrons. The highest BCUT2D eigenvalue weighted by molar-refractivity contribution is 7.98. The topological polar surface area (TPSA) is 42.9 Å². The van der Waals surface area contributed by atoms with Crippen LogP contribution in [-0.2, 0) is 0 Å². The molecule has 1 aliphatic heterocycles. The van der Waals surface area contributed by atoms with Crippen molar-refractivity contribution in [2.45, 2.75) is 19.8 Å². The smallest absolute Gasteiger partial charge is 0.191 e. The molecule has 1 heterocycles. The molecule has 0 aromatic carbocycles. The first-order valence-corrected chi connectivity index (χ1v) is 9.57. The van der Waals surface area contributed by atoms with E-state index in [-0.39, 0.29) is 0 Å². The number of hydrogen-bond acceptors (Lipinski definition) is 4. The Labute approximate surface area is 134 Å². The molecule has 21 heavy (non-hydrogen) atoms. The highest BCUT2D eigenvalue weighted by atomic mass is 32.2. The number of thioether (sulfide) groups is 1. The Balaban J connectivity index is 1.98. The summed E-state index contributed by atoms with van der Waals surface area (Å²) in [5.74, 6) is 2.05. The fraction of sp³-hybridized carbons (Fsp3) is 0.933. The molecule has 0 unspecified atom stereocenters. The number of nitrogens with zero attached hydrogens (tertiary/aromatic N) is 3. The number of rotatable bonds is 9. The van der Waals surface area contributed by atoms with Crippen LogP contribution in [0.5, 0.6) is 0 Å². The molecule has 0 bridgehead atoms. The van der Waals surface area contributed by atoms with Gasteiger partial charge in [-0.05, 0) is 32.2 Å². The van der Waals surface area contributed by atoms with Gasteiger partial charge in [0.05, 0.1) is 0 Å². The molecule has 1 rings (SSSR count). The summed E-state index contributed by atoms with van der Waals surface area (Å²) in [5.41, 5.74) is 0. The summed E-state index contributed by atoms with van der Waals surface area (Å²) >= 11 is 1.85. The van der Waals surface area contributed by atoms with E-state index in [1.165, 1.54) is 52.1 Å². The predicted octanol–water partition coefficient (Wildman–Crippen LogP) is 0.932. The summed E-state index contributed by atoms with van der Waals surface area (Å²) in [7, 11) is 1.83. The van der Waals surface area contributed by atoms with Gasteiger partial charge in [-0.25, -0.2) is 0 Å². The third-order valence-electron chi connectivity index (χ3n) is 3.93. The van der Waals surface area contributed by atoms with Gasteiger partial charge < -0.3 is 20.4 Å². The normalized spacial score (nSPS) is 18.0. The predicted molar refractivity (Wildman–Crippen MR) is 95.5 cm³/mol. The van der Waals surface area contributed by atoms with Crippen LogP contribution in [0.4, 0.5) is 0 Å². The Morgan fingerprint density at radius 3 is 2.33 bits per heavy atom. The zero-order chi connectivity index (χ0) is 15.3. The molecule has 0 aromatic rings. The molecule has 0 aromatic heterocycles. The SMILES string of the molecule is CCN1CCN(CCCCNC(=NC)NCCSC)CC1. The molecule has 1 fully saturated rings. The average molecular weight is 316 g/mol. The average Bonchev–Trinajstić information content (AvgIpc) is 2.53. The minimum absolute atomic E-state index is 0.931. The highest BCUT2D eigenvalue weighted by Crippen LogP contribution is 2.02. The van der Waals surface area contributed by atoms with Crippen molar-refractivity contribution in [3.8, 4) is 0 Å². The zero-order valence-electron chi connectivity index (χ0n) is 14.0. The van der Waals surface area contributed by atoms with Crippen LogP contribution in [0.15, 0.2) is 4.99 Å². The van der Waals surface area contributed by atoms with E-state index in [4.69, 9.17) is 0 Å². The molecule has 0 radical (unpaired) electrons. The molecular weight excluding hydrogens is 282 g/mol. The molecule has 1 saturated heterocycles. The van der Waals surface area contributed by atoms with E-state index >= 15 is 0 Å². The van der Waals surface area contributed by atoms with Crippen LogP contribution < -0.4 is 10.6 Å². The number of hydrogen-bond donors (Lipinski definition) is 2. The second-order valence-corrected chi connectivity index (χ2v) is 6.39. The Hall–Kier alpha value is -0.460. The van der Waals surface area contributed by atoms with Crippen molar-refractivity contribution in [2.75, 3.05) is 71.4 Å². The Morgan fingerprint density at radius 2 is 1.71 bits per heavy atom. The molecule has 5 nitrogen and oxygen atoms in total. The second kappa shape index (κ2) is 12.1. The second-order valence-electron chi connectivity index (χ2n) is 5.40. The summed E-state index contributed by atoms with van der Waals surface area (Å²) in [6.45, 7) is 11.6.